The number of hydrogen-bond donors (Lipinski definition) is 0. The minimum atomic E-state index is -2.03. The third-order valence-electron chi connectivity index (χ3n) is 8.09. The molecule has 31 heavy (non-hydrogen) atoms. The summed E-state index contributed by atoms with van der Waals surface area (Å²) in [4.78, 5) is 26.4. The monoisotopic (exact) mass is 442 g/mol. The van der Waals surface area contributed by atoms with Crippen LogP contribution in [-0.4, -0.2) is 34.2 Å². The second kappa shape index (κ2) is 8.23. The largest absolute Gasteiger partial charge is 0.468 e. The first kappa shape index (κ1) is 23.8. The molecule has 4 nitrogen and oxygen atoms in total. The number of methoxy groups -OCH3 is 2. The number of allylic oxidation sites excluding steroid dienone is 7. The molecule has 1 unspecified atom stereocenters. The maximum Gasteiger partial charge on any atom is 0.324 e. The molecule has 0 N–H and O–H groups in total. The van der Waals surface area contributed by atoms with Gasteiger partial charge in [-0.3, -0.25) is 9.59 Å². The van der Waals surface area contributed by atoms with E-state index in [0.717, 1.165) is 32.1 Å². The van der Waals surface area contributed by atoms with E-state index >= 15 is 0 Å². The van der Waals surface area contributed by atoms with Gasteiger partial charge in [0.25, 0.3) is 0 Å². The van der Waals surface area contributed by atoms with E-state index in [1.165, 1.54) is 41.7 Å². The average Bonchev–Trinajstić information content (AvgIpc) is 3.51. The average molecular weight is 443 g/mol. The van der Waals surface area contributed by atoms with Crippen LogP contribution in [0, 0.1) is 11.3 Å². The molecule has 0 radical (unpaired) electrons. The summed E-state index contributed by atoms with van der Waals surface area (Å²) in [6.45, 7) is 15.9. The van der Waals surface area contributed by atoms with Crippen LogP contribution in [0.4, 0.5) is 0 Å². The van der Waals surface area contributed by atoms with Crippen molar-refractivity contribution < 1.29 is 19.1 Å². The maximum absolute atomic E-state index is 13.2. The van der Waals surface area contributed by atoms with Crippen LogP contribution in [0.25, 0.3) is 0 Å². The van der Waals surface area contributed by atoms with Gasteiger partial charge in [-0.1, -0.05) is 58.2 Å². The molecule has 5 heteroatoms. The molecule has 0 aromatic carbocycles. The van der Waals surface area contributed by atoms with Crippen molar-refractivity contribution in [1.82, 2.24) is 0 Å². The smallest absolute Gasteiger partial charge is 0.324 e. The Bertz CT molecular complexity index is 873. The van der Waals surface area contributed by atoms with Crippen molar-refractivity contribution in [2.24, 2.45) is 11.3 Å². The highest BCUT2D eigenvalue weighted by molar-refractivity contribution is 6.88. The molecule has 0 aromatic heterocycles. The molecule has 0 heterocycles. The van der Waals surface area contributed by atoms with E-state index in [1.54, 1.807) is 0 Å². The second-order valence-corrected chi connectivity index (χ2v) is 16.0. The summed E-state index contributed by atoms with van der Waals surface area (Å²) < 4.78 is 10.5. The normalized spacial score (nSPS) is 24.0. The number of carbonyl (C=O) groups is 2. The SMILES string of the molecule is C=CC(=C1CC1)/C(=C1\CC(C(=O)OC)(C(=O)OC)C2CCCC=C12)[Si](C)(C)C(C)(C)C. The highest BCUT2D eigenvalue weighted by atomic mass is 28.3. The van der Waals surface area contributed by atoms with E-state index in [2.05, 4.69) is 46.5 Å². The minimum Gasteiger partial charge on any atom is -0.468 e. The summed E-state index contributed by atoms with van der Waals surface area (Å²) >= 11 is 0. The van der Waals surface area contributed by atoms with Crippen molar-refractivity contribution >= 4 is 20.0 Å². The molecular formula is C26H38O4Si. The van der Waals surface area contributed by atoms with Crippen LogP contribution < -0.4 is 0 Å². The third kappa shape index (κ3) is 3.69. The lowest BCUT2D eigenvalue weighted by Gasteiger charge is -2.41. The molecular weight excluding hydrogens is 404 g/mol. The van der Waals surface area contributed by atoms with Gasteiger partial charge < -0.3 is 9.47 Å². The van der Waals surface area contributed by atoms with Crippen LogP contribution in [0.2, 0.25) is 18.1 Å². The first-order chi connectivity index (χ1) is 14.5. The van der Waals surface area contributed by atoms with Gasteiger partial charge in [-0.25, -0.2) is 0 Å². The Morgan fingerprint density at radius 3 is 2.19 bits per heavy atom. The van der Waals surface area contributed by atoms with Crippen LogP contribution in [0.15, 0.2) is 46.2 Å². The van der Waals surface area contributed by atoms with Crippen molar-refractivity contribution in [2.45, 2.75) is 77.4 Å². The third-order valence-corrected chi connectivity index (χ3v) is 13.7. The standard InChI is InChI=1S/C26H38O4Si/c1-9-18(17-14-15-17)22(31(7,8)25(2,3)4)20-16-26(23(27)29-5,24(28)30-6)21-13-11-10-12-19(20)21/h9,12,21H,1,10-11,13-16H2,2-8H3/b22-20-. The van der Waals surface area contributed by atoms with Crippen LogP contribution in [0.3, 0.4) is 0 Å². The number of ether oxygens (including phenoxy) is 2. The van der Waals surface area contributed by atoms with E-state index in [9.17, 15) is 9.59 Å². The first-order valence-corrected chi connectivity index (χ1v) is 14.4. The Kier molecular flexibility index (Phi) is 6.31. The predicted molar refractivity (Wildman–Crippen MR) is 127 cm³/mol. The van der Waals surface area contributed by atoms with Gasteiger partial charge in [0.05, 0.1) is 22.3 Å². The number of esters is 2. The van der Waals surface area contributed by atoms with Gasteiger partial charge in [0, 0.05) is 5.92 Å². The zero-order valence-electron chi connectivity index (χ0n) is 20.3. The van der Waals surface area contributed by atoms with Crippen molar-refractivity contribution in [3.8, 4) is 0 Å². The number of rotatable bonds is 5. The molecule has 0 saturated heterocycles. The molecule has 3 rings (SSSR count). The lowest BCUT2D eigenvalue weighted by molar-refractivity contribution is -0.171. The van der Waals surface area contributed by atoms with Gasteiger partial charge >= 0.3 is 11.9 Å². The van der Waals surface area contributed by atoms with E-state index in [4.69, 9.17) is 9.47 Å². The molecule has 1 atom stereocenters. The fraction of sp³-hybridized carbons (Fsp3) is 0.615. The van der Waals surface area contributed by atoms with Crippen molar-refractivity contribution in [3.05, 3.63) is 46.2 Å². The van der Waals surface area contributed by atoms with Crippen molar-refractivity contribution in [1.29, 1.82) is 0 Å². The van der Waals surface area contributed by atoms with Gasteiger partial charge in [0.1, 0.15) is 0 Å². The molecule has 0 aromatic rings. The Balaban J connectivity index is 2.39. The number of carbonyl (C=O) groups excluding carboxylic acids is 2. The Labute approximate surface area is 188 Å². The number of hydrogen-bond acceptors (Lipinski definition) is 4. The lowest BCUT2D eigenvalue weighted by Crippen LogP contribution is -2.45. The first-order valence-electron chi connectivity index (χ1n) is 11.4. The molecule has 3 aliphatic rings. The molecule has 0 spiro atoms. The van der Waals surface area contributed by atoms with E-state index in [1.807, 2.05) is 6.08 Å². The van der Waals surface area contributed by atoms with E-state index in [0.29, 0.717) is 6.42 Å². The highest BCUT2D eigenvalue weighted by Crippen LogP contribution is 2.59. The zero-order valence-corrected chi connectivity index (χ0v) is 21.3. The van der Waals surface area contributed by atoms with Crippen LogP contribution in [0.5, 0.6) is 0 Å². The summed E-state index contributed by atoms with van der Waals surface area (Å²) in [5, 5.41) is 1.47. The quantitative estimate of drug-likeness (QED) is 0.295. The number of fused-ring (bicyclic) bond motifs is 1. The van der Waals surface area contributed by atoms with Crippen LogP contribution in [0.1, 0.15) is 59.3 Å². The molecule has 2 fully saturated rings. The van der Waals surface area contributed by atoms with Crippen molar-refractivity contribution in [3.63, 3.8) is 0 Å². The Morgan fingerprint density at radius 1 is 1.16 bits per heavy atom. The minimum absolute atomic E-state index is 0.103. The highest BCUT2D eigenvalue weighted by Gasteiger charge is 2.62. The fourth-order valence-corrected chi connectivity index (χ4v) is 8.03. The fourth-order valence-electron chi connectivity index (χ4n) is 5.34. The van der Waals surface area contributed by atoms with Gasteiger partial charge in [-0.05, 0) is 65.5 Å². The van der Waals surface area contributed by atoms with E-state index < -0.39 is 25.4 Å². The zero-order chi connectivity index (χ0) is 23.2. The van der Waals surface area contributed by atoms with Gasteiger partial charge in [0.2, 0.25) is 0 Å². The summed E-state index contributed by atoms with van der Waals surface area (Å²) in [5.74, 6) is -1.13. The lowest BCUT2D eigenvalue weighted by atomic mass is 9.72. The van der Waals surface area contributed by atoms with Gasteiger partial charge in [-0.15, -0.1) is 0 Å². The molecule has 0 aliphatic heterocycles. The summed E-state index contributed by atoms with van der Waals surface area (Å²) in [6.07, 6.45) is 9.57. The van der Waals surface area contributed by atoms with Crippen molar-refractivity contribution in [2.75, 3.05) is 14.2 Å². The van der Waals surface area contributed by atoms with Crippen LogP contribution >= 0.6 is 0 Å². The topological polar surface area (TPSA) is 52.6 Å². The van der Waals surface area contributed by atoms with Crippen LogP contribution in [-0.2, 0) is 19.1 Å². The molecule has 0 amide bonds. The second-order valence-electron chi connectivity index (χ2n) is 10.7. The maximum atomic E-state index is 13.2. The molecule has 0 bridgehead atoms. The summed E-state index contributed by atoms with van der Waals surface area (Å²) in [6, 6.07) is 0. The van der Waals surface area contributed by atoms with E-state index in [-0.39, 0.29) is 11.0 Å². The Morgan fingerprint density at radius 2 is 1.74 bits per heavy atom. The predicted octanol–water partition coefficient (Wildman–Crippen LogP) is 6.07. The Hall–Kier alpha value is -1.88. The molecule has 2 saturated carbocycles. The molecule has 3 aliphatic carbocycles. The van der Waals surface area contributed by atoms with Gasteiger partial charge in [0.15, 0.2) is 5.41 Å². The summed E-state index contributed by atoms with van der Waals surface area (Å²) in [5.41, 5.74) is 3.77. The van der Waals surface area contributed by atoms with Gasteiger partial charge in [-0.2, -0.15) is 0 Å². The molecule has 170 valence electrons. The summed E-state index contributed by atoms with van der Waals surface area (Å²) in [7, 11) is 0.715.